The van der Waals surface area contributed by atoms with Gasteiger partial charge in [0.1, 0.15) is 0 Å². The Kier molecular flexibility index (Phi) is 4.71. The van der Waals surface area contributed by atoms with Gasteiger partial charge < -0.3 is 15.0 Å². The van der Waals surface area contributed by atoms with E-state index in [9.17, 15) is 4.79 Å². The number of ether oxygens (including phenoxy) is 1. The van der Waals surface area contributed by atoms with Gasteiger partial charge >= 0.3 is 0 Å². The van der Waals surface area contributed by atoms with Crippen LogP contribution in [-0.2, 0) is 16.0 Å². The van der Waals surface area contributed by atoms with Crippen molar-refractivity contribution in [3.63, 3.8) is 0 Å². The number of hydrogen-bond donors (Lipinski definition) is 1. The van der Waals surface area contributed by atoms with Crippen LogP contribution in [0.5, 0.6) is 0 Å². The van der Waals surface area contributed by atoms with Crippen molar-refractivity contribution in [3.05, 3.63) is 35.4 Å². The molecule has 22 heavy (non-hydrogen) atoms. The molecule has 4 rings (SSSR count). The van der Waals surface area contributed by atoms with Gasteiger partial charge in [-0.2, -0.15) is 0 Å². The smallest absolute Gasteiger partial charge is 0.256 e. The normalized spacial score (nSPS) is 30.2. The zero-order valence-electron chi connectivity index (χ0n) is 12.7. The summed E-state index contributed by atoms with van der Waals surface area (Å²) in [4.78, 5) is 15.2. The molecule has 0 aliphatic carbocycles. The topological polar surface area (TPSA) is 41.6 Å². The molecule has 3 heterocycles. The molecule has 120 valence electrons. The Morgan fingerprint density at radius 3 is 2.91 bits per heavy atom. The standard InChI is InChI=1S/C17H22N2O2.ClH/c20-17(19-13-5-6-14(19)11-18-9-7-13)16-15-4-2-1-3-12(15)8-10-21-16;/h1-4,13-14,16,18H,5-11H2;1H. The molecule has 1 aromatic rings. The summed E-state index contributed by atoms with van der Waals surface area (Å²) in [5.41, 5.74) is 2.34. The van der Waals surface area contributed by atoms with E-state index in [2.05, 4.69) is 22.3 Å². The molecule has 2 fully saturated rings. The van der Waals surface area contributed by atoms with Gasteiger partial charge in [0.05, 0.1) is 6.61 Å². The number of benzene rings is 1. The van der Waals surface area contributed by atoms with Crippen molar-refractivity contribution in [3.8, 4) is 0 Å². The van der Waals surface area contributed by atoms with Crippen LogP contribution in [0.1, 0.15) is 36.5 Å². The van der Waals surface area contributed by atoms with E-state index in [1.807, 2.05) is 12.1 Å². The van der Waals surface area contributed by atoms with E-state index in [0.717, 1.165) is 44.3 Å². The van der Waals surface area contributed by atoms with Gasteiger partial charge in [0.15, 0.2) is 6.10 Å². The third-order valence-corrected chi connectivity index (χ3v) is 5.13. The van der Waals surface area contributed by atoms with Crippen LogP contribution in [0.2, 0.25) is 0 Å². The predicted octanol–water partition coefficient (Wildman–Crippen LogP) is 2.08. The molecule has 1 aromatic carbocycles. The number of carbonyl (C=O) groups excluding carboxylic acids is 1. The molecular formula is C17H23ClN2O2. The lowest BCUT2D eigenvalue weighted by molar-refractivity contribution is -0.147. The van der Waals surface area contributed by atoms with E-state index in [1.54, 1.807) is 0 Å². The third kappa shape index (κ3) is 2.64. The van der Waals surface area contributed by atoms with Gasteiger partial charge in [-0.15, -0.1) is 12.4 Å². The number of nitrogens with zero attached hydrogens (tertiary/aromatic N) is 1. The second-order valence-corrected chi connectivity index (χ2v) is 6.32. The van der Waals surface area contributed by atoms with Crippen molar-refractivity contribution in [2.45, 2.75) is 43.9 Å². The fraction of sp³-hybridized carbons (Fsp3) is 0.588. The Bertz CT molecular complexity index is 537. The molecule has 3 atom stereocenters. The van der Waals surface area contributed by atoms with Gasteiger partial charge in [0, 0.05) is 18.6 Å². The average molecular weight is 323 g/mol. The van der Waals surface area contributed by atoms with Crippen LogP contribution in [0.3, 0.4) is 0 Å². The van der Waals surface area contributed by atoms with Crippen LogP contribution in [0, 0.1) is 0 Å². The summed E-state index contributed by atoms with van der Waals surface area (Å²) >= 11 is 0. The van der Waals surface area contributed by atoms with Crippen LogP contribution >= 0.6 is 12.4 Å². The van der Waals surface area contributed by atoms with E-state index in [0.29, 0.717) is 18.7 Å². The molecule has 5 heteroatoms. The van der Waals surface area contributed by atoms with Crippen molar-refractivity contribution in [2.24, 2.45) is 0 Å². The van der Waals surface area contributed by atoms with Gasteiger partial charge in [-0.05, 0) is 43.4 Å². The van der Waals surface area contributed by atoms with Crippen molar-refractivity contribution in [1.29, 1.82) is 0 Å². The first kappa shape index (κ1) is 15.8. The van der Waals surface area contributed by atoms with Crippen molar-refractivity contribution >= 4 is 18.3 Å². The summed E-state index contributed by atoms with van der Waals surface area (Å²) in [5, 5.41) is 3.45. The molecule has 3 aliphatic rings. The minimum atomic E-state index is -0.392. The molecule has 4 nitrogen and oxygen atoms in total. The first-order valence-corrected chi connectivity index (χ1v) is 8.07. The van der Waals surface area contributed by atoms with E-state index in [-0.39, 0.29) is 18.3 Å². The molecule has 0 spiro atoms. The van der Waals surface area contributed by atoms with Gasteiger partial charge in [0.2, 0.25) is 0 Å². The zero-order valence-corrected chi connectivity index (χ0v) is 13.5. The highest BCUT2D eigenvalue weighted by molar-refractivity contribution is 5.85. The Balaban J connectivity index is 0.00000144. The molecule has 1 amide bonds. The average Bonchev–Trinajstić information content (AvgIpc) is 2.79. The number of carbonyl (C=O) groups is 1. The summed E-state index contributed by atoms with van der Waals surface area (Å²) in [7, 11) is 0. The SMILES string of the molecule is Cl.O=C(C1OCCc2ccccc21)N1C2CCNCC1CC2. The number of halogens is 1. The molecule has 0 aromatic heterocycles. The second kappa shape index (κ2) is 6.57. The van der Waals surface area contributed by atoms with Crippen LogP contribution in [-0.4, -0.2) is 42.6 Å². The van der Waals surface area contributed by atoms with E-state index >= 15 is 0 Å². The van der Waals surface area contributed by atoms with Gasteiger partial charge in [0.25, 0.3) is 5.91 Å². The molecule has 3 aliphatic heterocycles. The molecule has 3 unspecified atom stereocenters. The largest absolute Gasteiger partial charge is 0.363 e. The van der Waals surface area contributed by atoms with Crippen molar-refractivity contribution in [2.75, 3.05) is 19.7 Å². The summed E-state index contributed by atoms with van der Waals surface area (Å²) in [6, 6.07) is 8.97. The highest BCUT2D eigenvalue weighted by Gasteiger charge is 2.42. The number of rotatable bonds is 1. The minimum Gasteiger partial charge on any atom is -0.363 e. The number of fused-ring (bicyclic) bond motifs is 3. The molecular weight excluding hydrogens is 300 g/mol. The highest BCUT2D eigenvalue weighted by atomic mass is 35.5. The predicted molar refractivity (Wildman–Crippen MR) is 87.2 cm³/mol. The molecule has 0 radical (unpaired) electrons. The number of nitrogens with one attached hydrogen (secondary N) is 1. The van der Waals surface area contributed by atoms with E-state index < -0.39 is 6.10 Å². The van der Waals surface area contributed by atoms with Gasteiger partial charge in [-0.1, -0.05) is 24.3 Å². The van der Waals surface area contributed by atoms with Crippen LogP contribution in [0.15, 0.2) is 24.3 Å². The molecule has 2 saturated heterocycles. The monoisotopic (exact) mass is 322 g/mol. The maximum Gasteiger partial charge on any atom is 0.256 e. The number of hydrogen-bond acceptors (Lipinski definition) is 3. The number of amides is 1. The third-order valence-electron chi connectivity index (χ3n) is 5.13. The summed E-state index contributed by atoms with van der Waals surface area (Å²) in [6.45, 7) is 2.60. The first-order chi connectivity index (χ1) is 10.3. The fourth-order valence-corrected chi connectivity index (χ4v) is 4.08. The molecule has 2 bridgehead atoms. The Labute approximate surface area is 137 Å². The van der Waals surface area contributed by atoms with Gasteiger partial charge in [-0.25, -0.2) is 0 Å². The highest BCUT2D eigenvalue weighted by Crippen LogP contribution is 2.34. The van der Waals surface area contributed by atoms with E-state index in [4.69, 9.17) is 4.74 Å². The lowest BCUT2D eigenvalue weighted by atomic mass is 9.96. The Hall–Kier alpha value is -1.10. The zero-order chi connectivity index (χ0) is 14.2. The lowest BCUT2D eigenvalue weighted by Gasteiger charge is -2.34. The second-order valence-electron chi connectivity index (χ2n) is 6.32. The summed E-state index contributed by atoms with van der Waals surface area (Å²) in [6.07, 6.45) is 3.85. The maximum absolute atomic E-state index is 13.1. The van der Waals surface area contributed by atoms with Crippen LogP contribution in [0.25, 0.3) is 0 Å². The van der Waals surface area contributed by atoms with Crippen molar-refractivity contribution in [1.82, 2.24) is 10.2 Å². The van der Waals surface area contributed by atoms with Gasteiger partial charge in [-0.3, -0.25) is 4.79 Å². The minimum absolute atomic E-state index is 0. The van der Waals surface area contributed by atoms with Crippen molar-refractivity contribution < 1.29 is 9.53 Å². The summed E-state index contributed by atoms with van der Waals surface area (Å²) < 4.78 is 5.87. The molecule has 0 saturated carbocycles. The first-order valence-electron chi connectivity index (χ1n) is 8.07. The summed E-state index contributed by atoms with van der Waals surface area (Å²) in [5.74, 6) is 0.179. The lowest BCUT2D eigenvalue weighted by Crippen LogP contribution is -2.46. The fourth-order valence-electron chi connectivity index (χ4n) is 4.08. The van der Waals surface area contributed by atoms with E-state index in [1.165, 1.54) is 5.56 Å². The van der Waals surface area contributed by atoms with Crippen LogP contribution < -0.4 is 5.32 Å². The van der Waals surface area contributed by atoms with Crippen LogP contribution in [0.4, 0.5) is 0 Å². The Morgan fingerprint density at radius 2 is 2.00 bits per heavy atom. The quantitative estimate of drug-likeness (QED) is 0.860. The maximum atomic E-state index is 13.1. The molecule has 1 N–H and O–H groups in total. The Morgan fingerprint density at radius 1 is 1.18 bits per heavy atom.